The molecule has 112 valence electrons. The van der Waals surface area contributed by atoms with E-state index in [1.54, 1.807) is 12.1 Å². The summed E-state index contributed by atoms with van der Waals surface area (Å²) in [6.07, 6.45) is -0.589. The summed E-state index contributed by atoms with van der Waals surface area (Å²) in [7, 11) is 0. The lowest BCUT2D eigenvalue weighted by molar-refractivity contribution is 0.175. The molecule has 0 saturated heterocycles. The van der Waals surface area contributed by atoms with Gasteiger partial charge in [-0.25, -0.2) is 4.39 Å². The minimum atomic E-state index is -0.766. The highest BCUT2D eigenvalue weighted by molar-refractivity contribution is 6.31. The molecule has 0 fully saturated rings. The molecular weight excluding hydrogens is 287 g/mol. The van der Waals surface area contributed by atoms with Crippen molar-refractivity contribution in [3.63, 3.8) is 0 Å². The van der Waals surface area contributed by atoms with Gasteiger partial charge in [-0.1, -0.05) is 23.7 Å². The standard InChI is InChI=1S/C18H20ClFO/c1-10-8-11(2)13(4)18(12(10)3)17(21)9-14-15(19)6-5-7-16(14)20/h5-8,17,21H,9H2,1-4H3. The molecule has 0 heterocycles. The summed E-state index contributed by atoms with van der Waals surface area (Å²) in [6.45, 7) is 8.02. The van der Waals surface area contributed by atoms with Gasteiger partial charge in [0.05, 0.1) is 6.10 Å². The van der Waals surface area contributed by atoms with E-state index in [1.165, 1.54) is 6.07 Å². The Morgan fingerprint density at radius 2 is 1.67 bits per heavy atom. The molecule has 1 unspecified atom stereocenters. The number of halogens is 2. The number of benzene rings is 2. The Kier molecular flexibility index (Phi) is 4.70. The molecule has 0 amide bonds. The molecule has 2 rings (SSSR count). The quantitative estimate of drug-likeness (QED) is 0.847. The van der Waals surface area contributed by atoms with Gasteiger partial charge in [-0.2, -0.15) is 0 Å². The van der Waals surface area contributed by atoms with E-state index in [1.807, 2.05) is 27.7 Å². The zero-order valence-electron chi connectivity index (χ0n) is 12.8. The second kappa shape index (κ2) is 6.17. The van der Waals surface area contributed by atoms with Gasteiger partial charge >= 0.3 is 0 Å². The molecule has 1 N–H and O–H groups in total. The highest BCUT2D eigenvalue weighted by Crippen LogP contribution is 2.31. The maximum Gasteiger partial charge on any atom is 0.127 e. The Morgan fingerprint density at radius 1 is 1.10 bits per heavy atom. The molecule has 0 aliphatic rings. The van der Waals surface area contributed by atoms with E-state index in [0.717, 1.165) is 27.8 Å². The Hall–Kier alpha value is -1.38. The van der Waals surface area contributed by atoms with E-state index >= 15 is 0 Å². The maximum absolute atomic E-state index is 13.9. The summed E-state index contributed by atoms with van der Waals surface area (Å²) < 4.78 is 13.9. The second-order valence-electron chi connectivity index (χ2n) is 5.59. The Balaban J connectivity index is 2.44. The summed E-state index contributed by atoms with van der Waals surface area (Å²) in [5, 5.41) is 11.0. The van der Waals surface area contributed by atoms with Crippen molar-refractivity contribution < 1.29 is 9.50 Å². The van der Waals surface area contributed by atoms with Gasteiger partial charge < -0.3 is 5.11 Å². The van der Waals surface area contributed by atoms with Gasteiger partial charge in [0.15, 0.2) is 0 Å². The molecule has 0 spiro atoms. The molecule has 0 aromatic heterocycles. The molecule has 0 bridgehead atoms. The zero-order valence-corrected chi connectivity index (χ0v) is 13.6. The number of rotatable bonds is 3. The topological polar surface area (TPSA) is 20.2 Å². The van der Waals surface area contributed by atoms with Crippen LogP contribution in [0.1, 0.15) is 39.5 Å². The summed E-state index contributed by atoms with van der Waals surface area (Å²) in [4.78, 5) is 0. The Bertz CT molecular complexity index is 633. The Labute approximate surface area is 130 Å². The van der Waals surface area contributed by atoms with Gasteiger partial charge in [0.1, 0.15) is 5.82 Å². The molecule has 0 saturated carbocycles. The van der Waals surface area contributed by atoms with Crippen molar-refractivity contribution in [2.45, 2.75) is 40.2 Å². The minimum absolute atomic E-state index is 0.177. The van der Waals surface area contributed by atoms with Crippen molar-refractivity contribution in [3.05, 3.63) is 68.5 Å². The third kappa shape index (κ3) is 3.12. The number of hydrogen-bond donors (Lipinski definition) is 1. The third-order valence-electron chi connectivity index (χ3n) is 4.22. The summed E-state index contributed by atoms with van der Waals surface area (Å²) in [5.74, 6) is -0.374. The van der Waals surface area contributed by atoms with E-state index in [-0.39, 0.29) is 12.2 Å². The maximum atomic E-state index is 13.9. The van der Waals surface area contributed by atoms with Crippen LogP contribution in [0.3, 0.4) is 0 Å². The molecule has 1 nitrogen and oxygen atoms in total. The average Bonchev–Trinajstić information content (AvgIpc) is 2.41. The van der Waals surface area contributed by atoms with Crippen LogP contribution in [0.5, 0.6) is 0 Å². The van der Waals surface area contributed by atoms with Crippen LogP contribution in [0.4, 0.5) is 4.39 Å². The van der Waals surface area contributed by atoms with Crippen LogP contribution in [-0.2, 0) is 6.42 Å². The molecule has 3 heteroatoms. The average molecular weight is 307 g/mol. The van der Waals surface area contributed by atoms with Crippen molar-refractivity contribution in [1.82, 2.24) is 0 Å². The van der Waals surface area contributed by atoms with Crippen LogP contribution in [0.25, 0.3) is 0 Å². The molecular formula is C18H20ClFO. The van der Waals surface area contributed by atoms with Gasteiger partial charge in [0.25, 0.3) is 0 Å². The summed E-state index contributed by atoms with van der Waals surface area (Å²) >= 11 is 6.05. The van der Waals surface area contributed by atoms with Crippen LogP contribution in [0.2, 0.25) is 5.02 Å². The summed E-state index contributed by atoms with van der Waals surface area (Å²) in [5.41, 5.74) is 5.62. The van der Waals surface area contributed by atoms with Gasteiger partial charge in [-0.15, -0.1) is 0 Å². The van der Waals surface area contributed by atoms with Crippen molar-refractivity contribution in [1.29, 1.82) is 0 Å². The van der Waals surface area contributed by atoms with Gasteiger partial charge in [-0.3, -0.25) is 0 Å². The van der Waals surface area contributed by atoms with Crippen LogP contribution in [-0.4, -0.2) is 5.11 Å². The van der Waals surface area contributed by atoms with E-state index in [4.69, 9.17) is 11.6 Å². The fourth-order valence-electron chi connectivity index (χ4n) is 2.77. The molecule has 1 atom stereocenters. The van der Waals surface area contributed by atoms with Crippen LogP contribution in [0, 0.1) is 33.5 Å². The molecule has 0 aliphatic carbocycles. The van der Waals surface area contributed by atoms with E-state index in [0.29, 0.717) is 10.6 Å². The fraction of sp³-hybridized carbons (Fsp3) is 0.333. The first kappa shape index (κ1) is 16.0. The third-order valence-corrected chi connectivity index (χ3v) is 4.57. The molecule has 2 aromatic rings. The van der Waals surface area contributed by atoms with E-state index in [2.05, 4.69) is 6.07 Å². The zero-order chi connectivity index (χ0) is 15.7. The Morgan fingerprint density at radius 3 is 2.19 bits per heavy atom. The highest BCUT2D eigenvalue weighted by Gasteiger charge is 2.19. The summed E-state index contributed by atoms with van der Waals surface area (Å²) in [6, 6.07) is 6.70. The van der Waals surface area contributed by atoms with Crippen molar-refractivity contribution in [2.75, 3.05) is 0 Å². The molecule has 2 aromatic carbocycles. The first-order valence-corrected chi connectivity index (χ1v) is 7.39. The number of aliphatic hydroxyl groups excluding tert-OH is 1. The first-order chi connectivity index (χ1) is 9.82. The second-order valence-corrected chi connectivity index (χ2v) is 6.00. The normalized spacial score (nSPS) is 12.5. The predicted octanol–water partition coefficient (Wildman–Crippen LogP) is 4.99. The number of aryl methyl sites for hydroxylation is 2. The van der Waals surface area contributed by atoms with Gasteiger partial charge in [-0.05, 0) is 67.6 Å². The van der Waals surface area contributed by atoms with Gasteiger partial charge in [0, 0.05) is 17.0 Å². The highest BCUT2D eigenvalue weighted by atomic mass is 35.5. The lowest BCUT2D eigenvalue weighted by atomic mass is 9.88. The van der Waals surface area contributed by atoms with E-state index in [9.17, 15) is 9.50 Å². The van der Waals surface area contributed by atoms with E-state index < -0.39 is 6.10 Å². The van der Waals surface area contributed by atoms with Crippen LogP contribution in [0.15, 0.2) is 24.3 Å². The first-order valence-electron chi connectivity index (χ1n) is 7.01. The van der Waals surface area contributed by atoms with Gasteiger partial charge in [0.2, 0.25) is 0 Å². The van der Waals surface area contributed by atoms with Crippen molar-refractivity contribution >= 4 is 11.6 Å². The predicted molar refractivity (Wildman–Crippen MR) is 85.5 cm³/mol. The van der Waals surface area contributed by atoms with Crippen molar-refractivity contribution in [2.24, 2.45) is 0 Å². The lowest BCUT2D eigenvalue weighted by Gasteiger charge is -2.21. The van der Waals surface area contributed by atoms with Crippen molar-refractivity contribution in [3.8, 4) is 0 Å². The van der Waals surface area contributed by atoms with Crippen LogP contribution >= 0.6 is 11.6 Å². The largest absolute Gasteiger partial charge is 0.388 e. The molecule has 21 heavy (non-hydrogen) atoms. The lowest BCUT2D eigenvalue weighted by Crippen LogP contribution is -2.10. The number of aliphatic hydroxyl groups is 1. The monoisotopic (exact) mass is 306 g/mol. The minimum Gasteiger partial charge on any atom is -0.388 e. The fourth-order valence-corrected chi connectivity index (χ4v) is 3.01. The molecule has 0 aliphatic heterocycles. The smallest absolute Gasteiger partial charge is 0.127 e. The SMILES string of the molecule is Cc1cc(C)c(C)c(C(O)Cc2c(F)cccc2Cl)c1C. The van der Waals surface area contributed by atoms with Crippen LogP contribution < -0.4 is 0 Å². The molecule has 0 radical (unpaired) electrons. The number of hydrogen-bond acceptors (Lipinski definition) is 1.